The van der Waals surface area contributed by atoms with E-state index in [1.165, 1.54) is 21.4 Å². The summed E-state index contributed by atoms with van der Waals surface area (Å²) in [7, 11) is 0. The molecule has 6 rings (SSSR count). The number of para-hydroxylation sites is 1. The minimum absolute atomic E-state index is 0.0698. The van der Waals surface area contributed by atoms with Crippen molar-refractivity contribution in [1.29, 1.82) is 0 Å². The van der Waals surface area contributed by atoms with Crippen molar-refractivity contribution in [3.63, 3.8) is 0 Å². The average Bonchev–Trinajstić information content (AvgIpc) is 3.60. The molecule has 0 aliphatic carbocycles. The van der Waals surface area contributed by atoms with Gasteiger partial charge in [-0.3, -0.25) is 4.79 Å². The topological polar surface area (TPSA) is 65.1 Å². The van der Waals surface area contributed by atoms with Crippen molar-refractivity contribution in [2.24, 2.45) is 0 Å². The number of aromatic nitrogens is 5. The molecule has 6 nitrogen and oxygen atoms in total. The van der Waals surface area contributed by atoms with Gasteiger partial charge in [-0.25, -0.2) is 4.68 Å². The van der Waals surface area contributed by atoms with Gasteiger partial charge in [-0.1, -0.05) is 105 Å². The molecule has 7 heteroatoms. The molecule has 0 fully saturated rings. The van der Waals surface area contributed by atoms with Crippen LogP contribution in [-0.2, 0) is 5.41 Å². The molecule has 3 aromatic heterocycles. The van der Waals surface area contributed by atoms with Crippen LogP contribution < -0.4 is 10.1 Å². The zero-order valence-corrected chi connectivity index (χ0v) is 21.6. The minimum atomic E-state index is -0.184. The van der Waals surface area contributed by atoms with E-state index in [1.807, 2.05) is 89.8 Å². The molecule has 0 aliphatic heterocycles. The van der Waals surface area contributed by atoms with Crippen LogP contribution in [0.5, 0.6) is 0 Å². The highest BCUT2D eigenvalue weighted by atomic mass is 32.1. The van der Waals surface area contributed by atoms with Crippen LogP contribution in [0.25, 0.3) is 39.4 Å². The second-order valence-corrected chi connectivity index (χ2v) is 11.0. The average molecular weight is 504 g/mol. The van der Waals surface area contributed by atoms with E-state index >= 15 is 0 Å². The smallest absolute Gasteiger partial charge is 0.266 e. The van der Waals surface area contributed by atoms with E-state index in [2.05, 4.69) is 43.0 Å². The third-order valence-corrected chi connectivity index (χ3v) is 7.25. The van der Waals surface area contributed by atoms with Crippen LogP contribution in [0.1, 0.15) is 31.9 Å². The van der Waals surface area contributed by atoms with E-state index in [9.17, 15) is 4.79 Å². The Bertz CT molecular complexity index is 1810. The molecule has 0 spiro atoms. The number of hydrogen-bond acceptors (Lipinski definition) is 5. The van der Waals surface area contributed by atoms with E-state index in [0.717, 1.165) is 28.1 Å². The van der Waals surface area contributed by atoms with E-state index in [0.29, 0.717) is 15.3 Å². The van der Waals surface area contributed by atoms with Gasteiger partial charge in [-0.2, -0.15) is 14.6 Å². The lowest BCUT2D eigenvalue weighted by Crippen LogP contribution is -2.23. The predicted molar refractivity (Wildman–Crippen MR) is 149 cm³/mol. The number of benzene rings is 3. The summed E-state index contributed by atoms with van der Waals surface area (Å²) in [6, 6.07) is 28.1. The Morgan fingerprint density at radius 1 is 0.811 bits per heavy atom. The molecule has 0 radical (unpaired) electrons. The highest BCUT2D eigenvalue weighted by Gasteiger charge is 2.17. The fraction of sp³-hybridized carbons (Fsp3) is 0.133. The molecular weight excluding hydrogens is 478 g/mol. The molecule has 3 heterocycles. The quantitative estimate of drug-likeness (QED) is 0.318. The lowest BCUT2D eigenvalue weighted by atomic mass is 9.87. The van der Waals surface area contributed by atoms with Crippen molar-refractivity contribution < 1.29 is 0 Å². The van der Waals surface area contributed by atoms with Crippen LogP contribution in [0.2, 0.25) is 0 Å². The number of thiazole rings is 1. The largest absolute Gasteiger partial charge is 0.291 e. The first kappa shape index (κ1) is 23.1. The maximum atomic E-state index is 13.3. The first-order valence-corrected chi connectivity index (χ1v) is 12.9. The van der Waals surface area contributed by atoms with Crippen LogP contribution in [0.4, 0.5) is 0 Å². The van der Waals surface area contributed by atoms with Gasteiger partial charge in [0.15, 0.2) is 5.82 Å². The summed E-state index contributed by atoms with van der Waals surface area (Å²) in [5.41, 5.74) is 5.62. The van der Waals surface area contributed by atoms with Crippen LogP contribution in [0, 0.1) is 0 Å². The molecule has 0 atom stereocenters. The van der Waals surface area contributed by atoms with Crippen LogP contribution in [-0.4, -0.2) is 24.4 Å². The summed E-state index contributed by atoms with van der Waals surface area (Å²) >= 11 is 1.33. The Kier molecular flexibility index (Phi) is 5.57. The van der Waals surface area contributed by atoms with E-state index in [1.54, 1.807) is 0 Å². The summed E-state index contributed by atoms with van der Waals surface area (Å²) in [5.74, 6) is 0.553. The lowest BCUT2D eigenvalue weighted by Gasteiger charge is -2.18. The second-order valence-electron chi connectivity index (χ2n) is 9.95. The van der Waals surface area contributed by atoms with Gasteiger partial charge in [0.1, 0.15) is 0 Å². The first-order valence-electron chi connectivity index (χ1n) is 12.1. The van der Waals surface area contributed by atoms with Gasteiger partial charge in [0.05, 0.1) is 15.9 Å². The lowest BCUT2D eigenvalue weighted by molar-refractivity contribution is 0.590. The molecule has 0 unspecified atom stereocenters. The maximum Gasteiger partial charge on any atom is 0.291 e. The summed E-state index contributed by atoms with van der Waals surface area (Å²) < 4.78 is 3.80. The van der Waals surface area contributed by atoms with Crippen LogP contribution >= 0.6 is 11.3 Å². The van der Waals surface area contributed by atoms with E-state index < -0.39 is 0 Å². The summed E-state index contributed by atoms with van der Waals surface area (Å²) in [4.78, 5) is 18.5. The van der Waals surface area contributed by atoms with Gasteiger partial charge < -0.3 is 0 Å². The van der Waals surface area contributed by atoms with Crippen molar-refractivity contribution in [2.45, 2.75) is 26.2 Å². The second kappa shape index (κ2) is 8.94. The first-order chi connectivity index (χ1) is 17.9. The summed E-state index contributed by atoms with van der Waals surface area (Å²) in [6.07, 6.45) is 3.84. The monoisotopic (exact) mass is 503 g/mol. The molecule has 0 saturated carbocycles. The highest BCUT2D eigenvalue weighted by Crippen LogP contribution is 2.26. The van der Waals surface area contributed by atoms with Crippen LogP contribution in [0.3, 0.4) is 0 Å². The van der Waals surface area contributed by atoms with Crippen molar-refractivity contribution in [3.8, 4) is 28.3 Å². The highest BCUT2D eigenvalue weighted by molar-refractivity contribution is 7.15. The SMILES string of the molecule is CC(C)(C)c1ccc(-c2nc3s/c(=C\c4cn(-c5ccccc5)nc4-c4ccccc4)c(=O)n3n2)cc1. The van der Waals surface area contributed by atoms with Gasteiger partial charge in [0.2, 0.25) is 4.96 Å². The molecule has 0 amide bonds. The van der Waals surface area contributed by atoms with Gasteiger partial charge in [-0.15, -0.1) is 5.10 Å². The van der Waals surface area contributed by atoms with Gasteiger partial charge >= 0.3 is 0 Å². The van der Waals surface area contributed by atoms with Gasteiger partial charge in [-0.05, 0) is 29.2 Å². The normalized spacial score (nSPS) is 12.5. The Labute approximate surface area is 218 Å². The number of rotatable bonds is 4. The maximum absolute atomic E-state index is 13.3. The van der Waals surface area contributed by atoms with Crippen LogP contribution in [0.15, 0.2) is 95.9 Å². The Hall–Kier alpha value is -4.36. The molecule has 0 saturated heterocycles. The molecule has 182 valence electrons. The Balaban J connectivity index is 1.43. The van der Waals surface area contributed by atoms with Crippen molar-refractivity contribution >= 4 is 22.4 Å². The predicted octanol–water partition coefficient (Wildman–Crippen LogP) is 5.52. The van der Waals surface area contributed by atoms with Gasteiger partial charge in [0, 0.05) is 22.9 Å². The molecular formula is C30H25N5OS. The number of hydrogen-bond donors (Lipinski definition) is 0. The standard InChI is InChI=1S/C30H25N5OS/c1-30(2,3)23-16-14-21(15-17-23)27-31-29-35(33-27)28(36)25(37-29)18-22-19-34(24-12-8-5-9-13-24)32-26(22)20-10-6-4-7-11-20/h4-19H,1-3H3/b25-18-. The van der Waals surface area contributed by atoms with Crippen molar-refractivity contribution in [2.75, 3.05) is 0 Å². The fourth-order valence-corrected chi connectivity index (χ4v) is 5.14. The fourth-order valence-electron chi connectivity index (χ4n) is 4.24. The molecule has 37 heavy (non-hydrogen) atoms. The summed E-state index contributed by atoms with van der Waals surface area (Å²) in [6.45, 7) is 6.55. The Morgan fingerprint density at radius 3 is 2.14 bits per heavy atom. The molecule has 0 bridgehead atoms. The third kappa shape index (κ3) is 4.38. The molecule has 6 aromatic rings. The summed E-state index contributed by atoms with van der Waals surface area (Å²) in [5, 5.41) is 9.38. The van der Waals surface area contributed by atoms with Crippen molar-refractivity contribution in [3.05, 3.63) is 117 Å². The third-order valence-electron chi connectivity index (χ3n) is 6.29. The molecule has 0 N–H and O–H groups in total. The van der Waals surface area contributed by atoms with Crippen molar-refractivity contribution in [1.82, 2.24) is 24.4 Å². The minimum Gasteiger partial charge on any atom is -0.266 e. The Morgan fingerprint density at radius 2 is 1.49 bits per heavy atom. The van der Waals surface area contributed by atoms with Gasteiger partial charge in [0.25, 0.3) is 5.56 Å². The number of nitrogens with zero attached hydrogens (tertiary/aromatic N) is 5. The molecule has 0 aliphatic rings. The number of fused-ring (bicyclic) bond motifs is 1. The zero-order valence-electron chi connectivity index (χ0n) is 20.8. The van der Waals surface area contributed by atoms with E-state index in [4.69, 9.17) is 5.10 Å². The van der Waals surface area contributed by atoms with E-state index in [-0.39, 0.29) is 11.0 Å². The molecule has 3 aromatic carbocycles. The zero-order chi connectivity index (χ0) is 25.6.